The Hall–Kier alpha value is -1.05. The molecule has 1 aromatic heterocycles. The van der Waals surface area contributed by atoms with E-state index in [1.807, 2.05) is 19.2 Å². The van der Waals surface area contributed by atoms with Gasteiger partial charge in [0.1, 0.15) is 0 Å². The van der Waals surface area contributed by atoms with Crippen LogP contribution in [-0.2, 0) is 0 Å². The Labute approximate surface area is 73.6 Å². The molecule has 0 N–H and O–H groups in total. The standard InChI is InChI=1S/C10H14NO/c1-4-12-10-6-5-9(7-11-10)8(2)3/h5,7-8H,4H2,1-3H3. The molecule has 65 valence electrons. The van der Waals surface area contributed by atoms with E-state index in [1.165, 1.54) is 5.56 Å². The lowest BCUT2D eigenvalue weighted by atomic mass is 10.1. The number of ether oxygens (including phenoxy) is 1. The van der Waals surface area contributed by atoms with E-state index < -0.39 is 0 Å². The van der Waals surface area contributed by atoms with Crippen LogP contribution in [0.5, 0.6) is 5.88 Å². The summed E-state index contributed by atoms with van der Waals surface area (Å²) in [6.07, 6.45) is 1.84. The van der Waals surface area contributed by atoms with Crippen LogP contribution in [0.15, 0.2) is 12.3 Å². The van der Waals surface area contributed by atoms with Gasteiger partial charge in [-0.3, -0.25) is 0 Å². The monoisotopic (exact) mass is 164 g/mol. The number of hydrogen-bond donors (Lipinski definition) is 0. The fourth-order valence-corrected chi connectivity index (χ4v) is 0.884. The molecule has 2 heteroatoms. The van der Waals surface area contributed by atoms with Crippen molar-refractivity contribution in [2.24, 2.45) is 0 Å². The Morgan fingerprint density at radius 2 is 2.33 bits per heavy atom. The van der Waals surface area contributed by atoms with Crippen LogP contribution in [-0.4, -0.2) is 11.6 Å². The molecular formula is C10H14NO. The smallest absolute Gasteiger partial charge is 0.221 e. The van der Waals surface area contributed by atoms with Crippen molar-refractivity contribution >= 4 is 0 Å². The van der Waals surface area contributed by atoms with Gasteiger partial charge in [0.25, 0.3) is 0 Å². The Bertz CT molecular complexity index is 228. The third-order valence-electron chi connectivity index (χ3n) is 1.64. The second-order valence-electron chi connectivity index (χ2n) is 2.94. The van der Waals surface area contributed by atoms with Crippen LogP contribution in [0, 0.1) is 6.07 Å². The molecule has 2 nitrogen and oxygen atoms in total. The molecule has 1 aromatic rings. The summed E-state index contributed by atoms with van der Waals surface area (Å²) in [7, 11) is 0. The molecule has 1 radical (unpaired) electrons. The molecule has 0 atom stereocenters. The second-order valence-corrected chi connectivity index (χ2v) is 2.94. The summed E-state index contributed by atoms with van der Waals surface area (Å²) in [5, 5.41) is 0. The SMILES string of the molecule is CCOc1[c]cc(C(C)C)cn1. The van der Waals surface area contributed by atoms with Crippen LogP contribution in [0.25, 0.3) is 0 Å². The van der Waals surface area contributed by atoms with Crippen molar-refractivity contribution in [1.82, 2.24) is 4.98 Å². The van der Waals surface area contributed by atoms with Gasteiger partial charge in [-0.2, -0.15) is 0 Å². The van der Waals surface area contributed by atoms with Crippen molar-refractivity contribution < 1.29 is 4.74 Å². The van der Waals surface area contributed by atoms with E-state index in [0.717, 1.165) is 0 Å². The average molecular weight is 164 g/mol. The largest absolute Gasteiger partial charge is 0.478 e. The van der Waals surface area contributed by atoms with Gasteiger partial charge in [0.05, 0.1) is 6.61 Å². The molecule has 1 rings (SSSR count). The fraction of sp³-hybridized carbons (Fsp3) is 0.500. The summed E-state index contributed by atoms with van der Waals surface area (Å²) in [6.45, 7) is 6.84. The zero-order valence-electron chi connectivity index (χ0n) is 7.79. The van der Waals surface area contributed by atoms with Gasteiger partial charge in [-0.15, -0.1) is 0 Å². The number of pyridine rings is 1. The maximum absolute atomic E-state index is 5.17. The van der Waals surface area contributed by atoms with Crippen molar-refractivity contribution in [2.45, 2.75) is 26.7 Å². The number of rotatable bonds is 3. The zero-order chi connectivity index (χ0) is 8.97. The molecule has 0 spiro atoms. The quantitative estimate of drug-likeness (QED) is 0.684. The number of aromatic nitrogens is 1. The van der Waals surface area contributed by atoms with Gasteiger partial charge in [0, 0.05) is 12.3 Å². The van der Waals surface area contributed by atoms with Crippen LogP contribution in [0.4, 0.5) is 0 Å². The summed E-state index contributed by atoms with van der Waals surface area (Å²) < 4.78 is 5.17. The van der Waals surface area contributed by atoms with Crippen LogP contribution >= 0.6 is 0 Å². The highest BCUT2D eigenvalue weighted by atomic mass is 16.5. The summed E-state index contributed by atoms with van der Waals surface area (Å²) >= 11 is 0. The maximum Gasteiger partial charge on any atom is 0.221 e. The van der Waals surface area contributed by atoms with Crippen molar-refractivity contribution in [3.8, 4) is 5.88 Å². The Morgan fingerprint density at radius 1 is 1.58 bits per heavy atom. The van der Waals surface area contributed by atoms with E-state index in [1.54, 1.807) is 0 Å². The van der Waals surface area contributed by atoms with Gasteiger partial charge >= 0.3 is 0 Å². The molecule has 0 aliphatic carbocycles. The third-order valence-corrected chi connectivity index (χ3v) is 1.64. The van der Waals surface area contributed by atoms with Crippen LogP contribution in [0.1, 0.15) is 32.3 Å². The first-order valence-corrected chi connectivity index (χ1v) is 4.24. The molecular weight excluding hydrogens is 150 g/mol. The third kappa shape index (κ3) is 2.22. The number of nitrogens with zero attached hydrogens (tertiary/aromatic N) is 1. The first kappa shape index (κ1) is 9.04. The predicted octanol–water partition coefficient (Wildman–Crippen LogP) is 2.40. The summed E-state index contributed by atoms with van der Waals surface area (Å²) in [4.78, 5) is 4.11. The molecule has 0 aliphatic heterocycles. The molecule has 0 aliphatic rings. The van der Waals surface area contributed by atoms with Gasteiger partial charge in [0.15, 0.2) is 0 Å². The summed E-state index contributed by atoms with van der Waals surface area (Å²) in [5.41, 5.74) is 1.19. The Morgan fingerprint density at radius 3 is 2.75 bits per heavy atom. The normalized spacial score (nSPS) is 10.3. The zero-order valence-corrected chi connectivity index (χ0v) is 7.79. The van der Waals surface area contributed by atoms with E-state index in [4.69, 9.17) is 4.74 Å². The highest BCUT2D eigenvalue weighted by molar-refractivity contribution is 5.18. The van der Waals surface area contributed by atoms with Crippen molar-refractivity contribution in [2.75, 3.05) is 6.61 Å². The van der Waals surface area contributed by atoms with Gasteiger partial charge < -0.3 is 4.74 Å². The van der Waals surface area contributed by atoms with Crippen LogP contribution in [0.3, 0.4) is 0 Å². The Balaban J connectivity index is 2.71. The minimum atomic E-state index is 0.504. The van der Waals surface area contributed by atoms with Crippen molar-refractivity contribution in [3.05, 3.63) is 23.9 Å². The van der Waals surface area contributed by atoms with Crippen molar-refractivity contribution in [3.63, 3.8) is 0 Å². The van der Waals surface area contributed by atoms with E-state index in [2.05, 4.69) is 24.9 Å². The minimum Gasteiger partial charge on any atom is -0.478 e. The topological polar surface area (TPSA) is 22.1 Å². The molecule has 1 heterocycles. The van der Waals surface area contributed by atoms with Gasteiger partial charge in [0.2, 0.25) is 5.88 Å². The maximum atomic E-state index is 5.17. The highest BCUT2D eigenvalue weighted by Gasteiger charge is 1.99. The van der Waals surface area contributed by atoms with E-state index in [-0.39, 0.29) is 0 Å². The summed E-state index contributed by atoms with van der Waals surface area (Å²) in [5.74, 6) is 1.09. The van der Waals surface area contributed by atoms with Gasteiger partial charge in [-0.05, 0) is 24.5 Å². The second kappa shape index (κ2) is 4.10. The minimum absolute atomic E-state index is 0.504. The first-order chi connectivity index (χ1) is 5.74. The van der Waals surface area contributed by atoms with Crippen LogP contribution in [0.2, 0.25) is 0 Å². The van der Waals surface area contributed by atoms with Gasteiger partial charge in [-0.1, -0.05) is 13.8 Å². The van der Waals surface area contributed by atoms with Gasteiger partial charge in [-0.25, -0.2) is 4.98 Å². The average Bonchev–Trinajstić information content (AvgIpc) is 2.06. The lowest BCUT2D eigenvalue weighted by molar-refractivity contribution is 0.326. The molecule has 0 saturated carbocycles. The molecule has 0 saturated heterocycles. The van der Waals surface area contributed by atoms with E-state index in [0.29, 0.717) is 18.4 Å². The molecule has 0 bridgehead atoms. The van der Waals surface area contributed by atoms with E-state index >= 15 is 0 Å². The molecule has 0 fully saturated rings. The lowest BCUT2D eigenvalue weighted by Gasteiger charge is -2.05. The number of hydrogen-bond acceptors (Lipinski definition) is 2. The molecule has 0 unspecified atom stereocenters. The predicted molar refractivity (Wildman–Crippen MR) is 48.3 cm³/mol. The lowest BCUT2D eigenvalue weighted by Crippen LogP contribution is -1.95. The van der Waals surface area contributed by atoms with Crippen molar-refractivity contribution in [1.29, 1.82) is 0 Å². The first-order valence-electron chi connectivity index (χ1n) is 4.24. The Kier molecular flexibility index (Phi) is 3.09. The summed E-state index contributed by atoms with van der Waals surface area (Å²) in [6, 6.07) is 4.92. The highest BCUT2D eigenvalue weighted by Crippen LogP contribution is 2.14. The molecule has 0 amide bonds. The van der Waals surface area contributed by atoms with Crippen LogP contribution < -0.4 is 4.74 Å². The molecule has 12 heavy (non-hydrogen) atoms. The fourth-order valence-electron chi connectivity index (χ4n) is 0.884. The molecule has 0 aromatic carbocycles. The van der Waals surface area contributed by atoms with E-state index in [9.17, 15) is 0 Å².